The maximum Gasteiger partial charge on any atom is 0.325 e. The van der Waals surface area contributed by atoms with Crippen molar-refractivity contribution in [2.75, 3.05) is 13.2 Å². The average Bonchev–Trinajstić information content (AvgIpc) is 3.05. The molecule has 0 aliphatic rings. The van der Waals surface area contributed by atoms with Crippen LogP contribution in [0.25, 0.3) is 10.2 Å². The fourth-order valence-electron chi connectivity index (χ4n) is 2.34. The molecular weight excluding hydrogens is 354 g/mol. The molecular formula is C18H19N3O2S2. The first-order valence-electron chi connectivity index (χ1n) is 8.03. The summed E-state index contributed by atoms with van der Waals surface area (Å²) < 4.78 is 10.3. The molecule has 0 saturated carbocycles. The summed E-state index contributed by atoms with van der Waals surface area (Å²) in [6, 6.07) is 15.6. The Morgan fingerprint density at radius 1 is 1.20 bits per heavy atom. The van der Waals surface area contributed by atoms with Crippen molar-refractivity contribution in [3.63, 3.8) is 0 Å². The monoisotopic (exact) mass is 373 g/mol. The van der Waals surface area contributed by atoms with E-state index in [1.54, 1.807) is 11.3 Å². The molecule has 1 aromatic heterocycles. The third-order valence-electron chi connectivity index (χ3n) is 3.46. The van der Waals surface area contributed by atoms with E-state index < -0.39 is 0 Å². The van der Waals surface area contributed by atoms with Crippen molar-refractivity contribution in [2.24, 2.45) is 0 Å². The van der Waals surface area contributed by atoms with Crippen LogP contribution in [0.3, 0.4) is 0 Å². The largest absolute Gasteiger partial charge is 0.494 e. The minimum absolute atomic E-state index is 0.224. The number of carbonyl (C=O) groups excluding carboxylic acids is 1. The van der Waals surface area contributed by atoms with Gasteiger partial charge in [-0.05, 0) is 37.1 Å². The lowest BCUT2D eigenvalue weighted by atomic mass is 10.1. The predicted octanol–water partition coefficient (Wildman–Crippen LogP) is 4.24. The van der Waals surface area contributed by atoms with Crippen LogP contribution < -0.4 is 14.8 Å². The number of rotatable bonds is 7. The van der Waals surface area contributed by atoms with Crippen LogP contribution in [0.15, 0.2) is 52.9 Å². The number of amides is 2. The van der Waals surface area contributed by atoms with Gasteiger partial charge in [0.2, 0.25) is 0 Å². The van der Waals surface area contributed by atoms with Crippen LogP contribution in [0.5, 0.6) is 5.75 Å². The molecule has 0 unspecified atom stereocenters. The Morgan fingerprint density at radius 3 is 2.84 bits per heavy atom. The minimum Gasteiger partial charge on any atom is -0.494 e. The summed E-state index contributed by atoms with van der Waals surface area (Å²) in [4.78, 5) is 16.4. The first-order valence-corrected chi connectivity index (χ1v) is 9.66. The van der Waals surface area contributed by atoms with Crippen LogP contribution in [0.1, 0.15) is 12.5 Å². The predicted molar refractivity (Wildman–Crippen MR) is 103 cm³/mol. The van der Waals surface area contributed by atoms with E-state index >= 15 is 0 Å². The Kier molecular flexibility index (Phi) is 6.14. The summed E-state index contributed by atoms with van der Waals surface area (Å²) in [5.41, 5.74) is 2.04. The second kappa shape index (κ2) is 8.73. The molecule has 130 valence electrons. The van der Waals surface area contributed by atoms with E-state index in [0.717, 1.165) is 32.3 Å². The number of ether oxygens (including phenoxy) is 1. The second-order valence-electron chi connectivity index (χ2n) is 5.20. The Hall–Kier alpha value is -2.25. The minimum atomic E-state index is -0.224. The number of thiazole rings is 1. The number of nitrogens with one attached hydrogen (secondary N) is 2. The summed E-state index contributed by atoms with van der Waals surface area (Å²) in [6.07, 6.45) is 0.718. The van der Waals surface area contributed by atoms with E-state index in [1.165, 1.54) is 11.9 Å². The number of carbonyl (C=O) groups is 1. The Bertz CT molecular complexity index is 818. The van der Waals surface area contributed by atoms with Crippen LogP contribution in [0, 0.1) is 0 Å². The van der Waals surface area contributed by atoms with Crippen LogP contribution in [-0.4, -0.2) is 24.2 Å². The average molecular weight is 374 g/mol. The van der Waals surface area contributed by atoms with Gasteiger partial charge in [-0.15, -0.1) is 11.3 Å². The van der Waals surface area contributed by atoms with Gasteiger partial charge < -0.3 is 10.1 Å². The van der Waals surface area contributed by atoms with Crippen molar-refractivity contribution in [3.05, 3.63) is 54.1 Å². The lowest BCUT2D eigenvalue weighted by Crippen LogP contribution is -2.32. The van der Waals surface area contributed by atoms with Gasteiger partial charge in [-0.2, -0.15) is 0 Å². The van der Waals surface area contributed by atoms with Crippen LogP contribution in [-0.2, 0) is 6.42 Å². The molecule has 2 amide bonds. The highest BCUT2D eigenvalue weighted by Gasteiger charge is 2.07. The third kappa shape index (κ3) is 4.87. The number of hydrogen-bond acceptors (Lipinski definition) is 5. The number of hydrogen-bond donors (Lipinski definition) is 2. The third-order valence-corrected chi connectivity index (χ3v) is 5.34. The topological polar surface area (TPSA) is 63.2 Å². The van der Waals surface area contributed by atoms with Crippen molar-refractivity contribution in [3.8, 4) is 5.75 Å². The highest BCUT2D eigenvalue weighted by Crippen LogP contribution is 2.27. The zero-order valence-corrected chi connectivity index (χ0v) is 15.5. The molecule has 0 atom stereocenters. The molecule has 1 heterocycles. The van der Waals surface area contributed by atoms with E-state index in [1.807, 2.05) is 55.5 Å². The molecule has 25 heavy (non-hydrogen) atoms. The Balaban J connectivity index is 1.45. The van der Waals surface area contributed by atoms with Gasteiger partial charge in [0.05, 0.1) is 16.8 Å². The highest BCUT2D eigenvalue weighted by atomic mass is 32.2. The van der Waals surface area contributed by atoms with Gasteiger partial charge in [0.1, 0.15) is 5.75 Å². The van der Waals surface area contributed by atoms with Gasteiger partial charge in [-0.1, -0.05) is 30.3 Å². The number of urea groups is 1. The summed E-state index contributed by atoms with van der Waals surface area (Å²) in [5, 5.41) is 2.85. The van der Waals surface area contributed by atoms with Gasteiger partial charge in [-0.25, -0.2) is 9.78 Å². The number of aromatic nitrogens is 1. The quantitative estimate of drug-likeness (QED) is 0.608. The Morgan fingerprint density at radius 2 is 2.00 bits per heavy atom. The molecule has 0 radical (unpaired) electrons. The fourth-order valence-corrected chi connectivity index (χ4v) is 3.99. The van der Waals surface area contributed by atoms with E-state index in [2.05, 4.69) is 15.0 Å². The fraction of sp³-hybridized carbons (Fsp3) is 0.222. The SMILES string of the molecule is CCOc1ccccc1CCNC(=O)NSc1nc2ccccc2s1. The van der Waals surface area contributed by atoms with E-state index in [-0.39, 0.29) is 6.03 Å². The lowest BCUT2D eigenvalue weighted by Gasteiger charge is -2.10. The van der Waals surface area contributed by atoms with Crippen LogP contribution in [0.4, 0.5) is 4.79 Å². The first-order chi connectivity index (χ1) is 12.3. The molecule has 0 aliphatic carbocycles. The lowest BCUT2D eigenvalue weighted by molar-refractivity contribution is 0.246. The van der Waals surface area contributed by atoms with Gasteiger partial charge in [-0.3, -0.25) is 4.72 Å². The van der Waals surface area contributed by atoms with Crippen molar-refractivity contribution in [1.29, 1.82) is 0 Å². The normalized spacial score (nSPS) is 10.6. The van der Waals surface area contributed by atoms with E-state index in [4.69, 9.17) is 4.74 Å². The molecule has 0 aliphatic heterocycles. The maximum atomic E-state index is 11.9. The summed E-state index contributed by atoms with van der Waals surface area (Å²) in [7, 11) is 0. The molecule has 3 aromatic rings. The summed E-state index contributed by atoms with van der Waals surface area (Å²) >= 11 is 2.79. The molecule has 3 rings (SSSR count). The molecule has 7 heteroatoms. The van der Waals surface area contributed by atoms with Crippen molar-refractivity contribution < 1.29 is 9.53 Å². The number of para-hydroxylation sites is 2. The summed E-state index contributed by atoms with van der Waals surface area (Å²) in [5.74, 6) is 0.871. The van der Waals surface area contributed by atoms with Gasteiger partial charge in [0, 0.05) is 18.5 Å². The zero-order chi connectivity index (χ0) is 17.5. The van der Waals surface area contributed by atoms with Crippen LogP contribution >= 0.6 is 23.3 Å². The summed E-state index contributed by atoms with van der Waals surface area (Å²) in [6.45, 7) is 3.13. The van der Waals surface area contributed by atoms with Crippen molar-refractivity contribution in [2.45, 2.75) is 17.7 Å². The highest BCUT2D eigenvalue weighted by molar-refractivity contribution is 7.99. The number of fused-ring (bicyclic) bond motifs is 1. The molecule has 0 saturated heterocycles. The molecule has 0 spiro atoms. The van der Waals surface area contributed by atoms with Gasteiger partial charge >= 0.3 is 6.03 Å². The van der Waals surface area contributed by atoms with E-state index in [0.29, 0.717) is 13.2 Å². The van der Waals surface area contributed by atoms with Gasteiger partial charge in [0.25, 0.3) is 0 Å². The molecule has 5 nitrogen and oxygen atoms in total. The van der Waals surface area contributed by atoms with Crippen LogP contribution in [0.2, 0.25) is 0 Å². The van der Waals surface area contributed by atoms with Crippen molar-refractivity contribution >= 4 is 39.5 Å². The van der Waals surface area contributed by atoms with Crippen molar-refractivity contribution in [1.82, 2.24) is 15.0 Å². The Labute approximate surface area is 154 Å². The molecule has 2 aromatic carbocycles. The maximum absolute atomic E-state index is 11.9. The first kappa shape index (κ1) is 17.6. The second-order valence-corrected chi connectivity index (χ2v) is 7.28. The zero-order valence-electron chi connectivity index (χ0n) is 13.8. The number of nitrogens with zero attached hydrogens (tertiary/aromatic N) is 1. The molecule has 2 N–H and O–H groups in total. The van der Waals surface area contributed by atoms with E-state index in [9.17, 15) is 4.79 Å². The smallest absolute Gasteiger partial charge is 0.325 e. The molecule has 0 bridgehead atoms. The van der Waals surface area contributed by atoms with Gasteiger partial charge in [0.15, 0.2) is 4.34 Å². The molecule has 0 fully saturated rings. The number of benzene rings is 2. The standard InChI is InChI=1S/C18H19N3O2S2/c1-2-23-15-9-5-3-7-13(15)11-12-19-17(22)21-25-18-20-14-8-4-6-10-16(14)24-18/h3-10H,2,11-12H2,1H3,(H2,19,21,22).